The van der Waals surface area contributed by atoms with Crippen molar-refractivity contribution in [3.63, 3.8) is 0 Å². The minimum absolute atomic E-state index is 0.349. The molecule has 0 rings (SSSR count). The van der Waals surface area contributed by atoms with Crippen molar-refractivity contribution in [3.8, 4) is 0 Å². The fourth-order valence-corrected chi connectivity index (χ4v) is 1.26. The van der Waals surface area contributed by atoms with E-state index in [2.05, 4.69) is 17.2 Å². The van der Waals surface area contributed by atoms with Gasteiger partial charge in [0.05, 0.1) is 13.2 Å². The lowest BCUT2D eigenvalue weighted by Gasteiger charge is -2.14. The van der Waals surface area contributed by atoms with Gasteiger partial charge in [-0.25, -0.2) is 9.59 Å². The number of carboxylic acid groups (broad SMARTS) is 1. The second-order valence-corrected chi connectivity index (χ2v) is 3.77. The van der Waals surface area contributed by atoms with Gasteiger partial charge in [0.1, 0.15) is 6.04 Å². The average Bonchev–Trinajstić information content (AvgIpc) is 2.33. The lowest BCUT2D eigenvalue weighted by Crippen LogP contribution is -2.46. The van der Waals surface area contributed by atoms with Crippen molar-refractivity contribution >= 4 is 12.0 Å². The summed E-state index contributed by atoms with van der Waals surface area (Å²) in [5.74, 6) is -1.02. The number of ether oxygens (including phenoxy) is 1. The van der Waals surface area contributed by atoms with Crippen molar-refractivity contribution < 1.29 is 19.4 Å². The normalized spacial score (nSPS) is 11.6. The van der Waals surface area contributed by atoms with Gasteiger partial charge in [0, 0.05) is 6.54 Å². The van der Waals surface area contributed by atoms with Gasteiger partial charge in [-0.2, -0.15) is 0 Å². The van der Waals surface area contributed by atoms with E-state index in [-0.39, 0.29) is 0 Å². The van der Waals surface area contributed by atoms with Crippen molar-refractivity contribution in [2.45, 2.75) is 32.2 Å². The Morgan fingerprint density at radius 2 is 2.17 bits per heavy atom. The van der Waals surface area contributed by atoms with Gasteiger partial charge in [-0.15, -0.1) is 6.58 Å². The van der Waals surface area contributed by atoms with Gasteiger partial charge in [-0.05, 0) is 12.8 Å². The van der Waals surface area contributed by atoms with Crippen LogP contribution in [0.2, 0.25) is 0 Å². The first-order chi connectivity index (χ1) is 8.61. The third-order valence-electron chi connectivity index (χ3n) is 2.18. The molecule has 0 aromatic rings. The smallest absolute Gasteiger partial charge is 0.326 e. The van der Waals surface area contributed by atoms with Crippen molar-refractivity contribution in [1.29, 1.82) is 0 Å². The van der Waals surface area contributed by atoms with E-state index < -0.39 is 18.0 Å². The summed E-state index contributed by atoms with van der Waals surface area (Å²) >= 11 is 0. The molecular weight excluding hydrogens is 236 g/mol. The van der Waals surface area contributed by atoms with Gasteiger partial charge < -0.3 is 20.5 Å². The fourth-order valence-electron chi connectivity index (χ4n) is 1.26. The molecule has 0 aromatic heterocycles. The number of nitrogens with one attached hydrogen (secondary N) is 2. The van der Waals surface area contributed by atoms with Crippen molar-refractivity contribution in [3.05, 3.63) is 12.7 Å². The van der Waals surface area contributed by atoms with Crippen LogP contribution in [0.3, 0.4) is 0 Å². The van der Waals surface area contributed by atoms with E-state index in [4.69, 9.17) is 9.84 Å². The second-order valence-electron chi connectivity index (χ2n) is 3.77. The number of amides is 2. The molecule has 18 heavy (non-hydrogen) atoms. The van der Waals surface area contributed by atoms with E-state index >= 15 is 0 Å². The summed E-state index contributed by atoms with van der Waals surface area (Å²) < 4.78 is 5.19. The number of urea groups is 1. The second kappa shape index (κ2) is 10.6. The highest BCUT2D eigenvalue weighted by Gasteiger charge is 2.18. The lowest BCUT2D eigenvalue weighted by molar-refractivity contribution is -0.139. The van der Waals surface area contributed by atoms with Crippen LogP contribution >= 0.6 is 0 Å². The molecule has 0 aliphatic heterocycles. The highest BCUT2D eigenvalue weighted by Crippen LogP contribution is 1.96. The summed E-state index contributed by atoms with van der Waals surface area (Å²) in [6, 6.07) is -1.32. The summed E-state index contributed by atoms with van der Waals surface area (Å²) in [5.41, 5.74) is 0. The van der Waals surface area contributed by atoms with E-state index in [1.165, 1.54) is 0 Å². The molecule has 0 saturated carbocycles. The zero-order valence-electron chi connectivity index (χ0n) is 10.8. The topological polar surface area (TPSA) is 87.7 Å². The summed E-state index contributed by atoms with van der Waals surface area (Å²) in [5, 5.41) is 13.8. The molecule has 1 atom stereocenters. The van der Waals surface area contributed by atoms with Crippen LogP contribution in [0, 0.1) is 0 Å². The summed E-state index contributed by atoms with van der Waals surface area (Å²) in [4.78, 5) is 22.2. The number of aliphatic carboxylic acids is 1. The van der Waals surface area contributed by atoms with Crippen LogP contribution in [-0.4, -0.2) is 42.9 Å². The molecule has 104 valence electrons. The first-order valence-electron chi connectivity index (χ1n) is 6.07. The molecule has 3 N–H and O–H groups in total. The van der Waals surface area contributed by atoms with Crippen LogP contribution in [0.15, 0.2) is 12.7 Å². The van der Waals surface area contributed by atoms with E-state index in [1.54, 1.807) is 6.08 Å². The Balaban J connectivity index is 3.68. The van der Waals surface area contributed by atoms with Crippen molar-refractivity contribution in [2.75, 3.05) is 19.8 Å². The third kappa shape index (κ3) is 8.58. The number of carbonyl (C=O) groups is 2. The Hall–Kier alpha value is -1.56. The van der Waals surface area contributed by atoms with E-state index in [0.717, 1.165) is 6.42 Å². The van der Waals surface area contributed by atoms with E-state index in [9.17, 15) is 9.59 Å². The van der Waals surface area contributed by atoms with Crippen molar-refractivity contribution in [1.82, 2.24) is 10.6 Å². The van der Waals surface area contributed by atoms with Crippen LogP contribution in [-0.2, 0) is 9.53 Å². The zero-order valence-corrected chi connectivity index (χ0v) is 10.8. The van der Waals surface area contributed by atoms with Gasteiger partial charge in [-0.1, -0.05) is 19.4 Å². The number of hydrogen-bond donors (Lipinski definition) is 3. The Morgan fingerprint density at radius 3 is 2.72 bits per heavy atom. The molecule has 6 heteroatoms. The fraction of sp³-hybridized carbons (Fsp3) is 0.667. The quantitative estimate of drug-likeness (QED) is 0.405. The Labute approximate surface area is 107 Å². The minimum atomic E-state index is -1.02. The van der Waals surface area contributed by atoms with Crippen LogP contribution in [0.4, 0.5) is 4.79 Å². The van der Waals surface area contributed by atoms with E-state index in [1.807, 2.05) is 6.92 Å². The van der Waals surface area contributed by atoms with Gasteiger partial charge in [-0.3, -0.25) is 0 Å². The van der Waals surface area contributed by atoms with Gasteiger partial charge in [0.15, 0.2) is 0 Å². The maximum absolute atomic E-state index is 11.4. The maximum Gasteiger partial charge on any atom is 0.326 e. The predicted octanol–water partition coefficient (Wildman–Crippen LogP) is 1.13. The number of hydrogen-bond acceptors (Lipinski definition) is 3. The largest absolute Gasteiger partial charge is 0.480 e. The SMILES string of the molecule is C=CCCOCCNC(=O)N[C@@H](CCC)C(=O)O. The number of carbonyl (C=O) groups excluding carboxylic acids is 1. The predicted molar refractivity (Wildman–Crippen MR) is 68.5 cm³/mol. The molecule has 0 unspecified atom stereocenters. The highest BCUT2D eigenvalue weighted by molar-refractivity contribution is 5.82. The van der Waals surface area contributed by atoms with Gasteiger partial charge in [0.25, 0.3) is 0 Å². The number of carboxylic acids is 1. The molecule has 2 amide bonds. The van der Waals surface area contributed by atoms with Gasteiger partial charge in [0.2, 0.25) is 0 Å². The molecule has 0 aliphatic carbocycles. The van der Waals surface area contributed by atoms with Crippen molar-refractivity contribution in [2.24, 2.45) is 0 Å². The standard InChI is InChI=1S/C12H22N2O4/c1-3-5-8-18-9-7-13-12(17)14-10(6-4-2)11(15)16/h3,10H,1,4-9H2,2H3,(H,15,16)(H2,13,14,17)/t10-/m0/s1. The van der Waals surface area contributed by atoms with E-state index in [0.29, 0.717) is 32.6 Å². The average molecular weight is 258 g/mol. The van der Waals surface area contributed by atoms with Crippen LogP contribution in [0.5, 0.6) is 0 Å². The number of rotatable bonds is 10. The lowest BCUT2D eigenvalue weighted by atomic mass is 10.2. The first kappa shape index (κ1) is 16.4. The third-order valence-corrected chi connectivity index (χ3v) is 2.18. The molecule has 0 bridgehead atoms. The maximum atomic E-state index is 11.4. The molecule has 6 nitrogen and oxygen atoms in total. The monoisotopic (exact) mass is 258 g/mol. The molecule has 0 fully saturated rings. The Morgan fingerprint density at radius 1 is 1.44 bits per heavy atom. The molecular formula is C12H22N2O4. The summed E-state index contributed by atoms with van der Waals surface area (Å²) in [6.07, 6.45) is 3.63. The van der Waals surface area contributed by atoms with Crippen LogP contribution in [0.1, 0.15) is 26.2 Å². The molecule has 0 aliphatic rings. The summed E-state index contributed by atoms with van der Waals surface area (Å²) in [6.45, 7) is 6.74. The first-order valence-corrected chi connectivity index (χ1v) is 6.07. The Kier molecular flexibility index (Phi) is 9.67. The van der Waals surface area contributed by atoms with Crippen LogP contribution < -0.4 is 10.6 Å². The molecule has 0 radical (unpaired) electrons. The highest BCUT2D eigenvalue weighted by atomic mass is 16.5. The molecule has 0 saturated heterocycles. The zero-order chi connectivity index (χ0) is 13.8. The van der Waals surface area contributed by atoms with Crippen LogP contribution in [0.25, 0.3) is 0 Å². The van der Waals surface area contributed by atoms with Gasteiger partial charge >= 0.3 is 12.0 Å². The molecule has 0 aromatic carbocycles. The minimum Gasteiger partial charge on any atom is -0.480 e. The Bertz CT molecular complexity index is 269. The molecule has 0 heterocycles. The molecule has 0 spiro atoms. The summed E-state index contributed by atoms with van der Waals surface area (Å²) in [7, 11) is 0.